The van der Waals surface area contributed by atoms with Crippen molar-refractivity contribution in [3.05, 3.63) is 58.9 Å². The van der Waals surface area contributed by atoms with E-state index in [4.69, 9.17) is 11.6 Å². The Bertz CT molecular complexity index is 975. The molecule has 158 valence electrons. The fourth-order valence-electron chi connectivity index (χ4n) is 4.23. The predicted molar refractivity (Wildman–Crippen MR) is 124 cm³/mol. The van der Waals surface area contributed by atoms with Gasteiger partial charge in [-0.2, -0.15) is 0 Å². The normalized spacial score (nSPS) is 16.1. The minimum Gasteiger partial charge on any atom is -0.305 e. The maximum atomic E-state index is 6.18. The highest BCUT2D eigenvalue weighted by Gasteiger charge is 2.24. The van der Waals surface area contributed by atoms with Gasteiger partial charge in [-0.25, -0.2) is 0 Å². The fourth-order valence-corrected chi connectivity index (χ4v) is 5.31. The number of rotatable bonds is 8. The first kappa shape index (κ1) is 21.3. The second-order valence-electron chi connectivity index (χ2n) is 7.80. The lowest BCUT2D eigenvalue weighted by Crippen LogP contribution is -2.41. The highest BCUT2D eigenvalue weighted by atomic mass is 35.5. The molecule has 1 aromatic carbocycles. The second kappa shape index (κ2) is 9.94. The lowest BCUT2D eigenvalue weighted by Gasteiger charge is -2.35. The predicted octanol–water partition coefficient (Wildman–Crippen LogP) is 4.89. The Labute approximate surface area is 187 Å². The summed E-state index contributed by atoms with van der Waals surface area (Å²) >= 11 is 7.96. The van der Waals surface area contributed by atoms with E-state index in [2.05, 4.69) is 43.7 Å². The molecule has 0 saturated carbocycles. The zero-order valence-electron chi connectivity index (χ0n) is 17.6. The lowest BCUT2D eigenvalue weighted by molar-refractivity contribution is 0.191. The molecule has 0 aliphatic heterocycles. The molecule has 0 fully saturated rings. The van der Waals surface area contributed by atoms with Gasteiger partial charge in [-0.3, -0.25) is 9.88 Å². The molecule has 1 unspecified atom stereocenters. The van der Waals surface area contributed by atoms with Crippen LogP contribution in [0.3, 0.4) is 0 Å². The van der Waals surface area contributed by atoms with Crippen molar-refractivity contribution >= 4 is 23.4 Å². The van der Waals surface area contributed by atoms with E-state index in [1.807, 2.05) is 25.2 Å². The summed E-state index contributed by atoms with van der Waals surface area (Å²) in [7, 11) is 2.03. The average Bonchev–Trinajstić information content (AvgIpc) is 3.13. The summed E-state index contributed by atoms with van der Waals surface area (Å²) in [5, 5.41) is 10.6. The summed E-state index contributed by atoms with van der Waals surface area (Å²) in [5.41, 5.74) is 3.92. The first-order valence-electron chi connectivity index (χ1n) is 10.6. The largest absolute Gasteiger partial charge is 0.305 e. The van der Waals surface area contributed by atoms with Crippen molar-refractivity contribution < 1.29 is 0 Å². The Hall–Kier alpha value is -1.89. The Morgan fingerprint density at radius 2 is 1.97 bits per heavy atom. The third-order valence-corrected chi connectivity index (χ3v) is 7.02. The molecular weight excluding hydrogens is 414 g/mol. The van der Waals surface area contributed by atoms with E-state index in [-0.39, 0.29) is 0 Å². The molecule has 5 nitrogen and oxygen atoms in total. The van der Waals surface area contributed by atoms with Gasteiger partial charge in [0.05, 0.1) is 0 Å². The molecule has 0 spiro atoms. The summed E-state index contributed by atoms with van der Waals surface area (Å²) in [6, 6.07) is 10.9. The molecule has 0 bridgehead atoms. The number of aromatic nitrogens is 4. The molecule has 0 N–H and O–H groups in total. The van der Waals surface area contributed by atoms with E-state index in [9.17, 15) is 0 Å². The molecule has 1 aliphatic rings. The Morgan fingerprint density at radius 3 is 2.77 bits per heavy atom. The van der Waals surface area contributed by atoms with Gasteiger partial charge in [-0.1, -0.05) is 36.4 Å². The molecule has 0 amide bonds. The van der Waals surface area contributed by atoms with Gasteiger partial charge in [-0.15, -0.1) is 10.2 Å². The SMILES string of the molecule is CCCN(CCSc1nnc(-c2ccncc2)n1C)C1CCc2cc(Cl)ccc2C1. The number of halogens is 1. The summed E-state index contributed by atoms with van der Waals surface area (Å²) < 4.78 is 2.07. The lowest BCUT2D eigenvalue weighted by atomic mass is 9.87. The van der Waals surface area contributed by atoms with Crippen molar-refractivity contribution in [2.45, 2.75) is 43.8 Å². The van der Waals surface area contributed by atoms with Crippen molar-refractivity contribution in [3.63, 3.8) is 0 Å². The average molecular weight is 442 g/mol. The summed E-state index contributed by atoms with van der Waals surface area (Å²) in [4.78, 5) is 6.74. The minimum atomic E-state index is 0.603. The molecule has 7 heteroatoms. The molecule has 0 saturated heterocycles. The van der Waals surface area contributed by atoms with Crippen molar-refractivity contribution in [1.82, 2.24) is 24.6 Å². The quantitative estimate of drug-likeness (QED) is 0.465. The van der Waals surface area contributed by atoms with Crippen LogP contribution in [-0.4, -0.2) is 49.5 Å². The van der Waals surface area contributed by atoms with Crippen LogP contribution < -0.4 is 0 Å². The topological polar surface area (TPSA) is 46.8 Å². The van der Waals surface area contributed by atoms with Crippen molar-refractivity contribution in [2.24, 2.45) is 7.05 Å². The van der Waals surface area contributed by atoms with Gasteiger partial charge in [-0.05, 0) is 67.6 Å². The van der Waals surface area contributed by atoms with Crippen LogP contribution in [-0.2, 0) is 19.9 Å². The van der Waals surface area contributed by atoms with Crippen LogP contribution in [0.4, 0.5) is 0 Å². The Kier molecular flexibility index (Phi) is 7.08. The molecule has 4 rings (SSSR count). The fraction of sp³-hybridized carbons (Fsp3) is 0.435. The van der Waals surface area contributed by atoms with E-state index in [1.165, 1.54) is 24.0 Å². The number of pyridine rings is 1. The maximum Gasteiger partial charge on any atom is 0.191 e. The van der Waals surface area contributed by atoms with Crippen molar-refractivity contribution in [2.75, 3.05) is 18.8 Å². The van der Waals surface area contributed by atoms with Crippen molar-refractivity contribution in [1.29, 1.82) is 0 Å². The van der Waals surface area contributed by atoms with Crippen LogP contribution in [0.25, 0.3) is 11.4 Å². The van der Waals surface area contributed by atoms with Crippen molar-refractivity contribution in [3.8, 4) is 11.4 Å². The first-order valence-corrected chi connectivity index (χ1v) is 12.0. The number of fused-ring (bicyclic) bond motifs is 1. The van der Waals surface area contributed by atoms with Gasteiger partial charge in [0.2, 0.25) is 0 Å². The monoisotopic (exact) mass is 441 g/mol. The van der Waals surface area contributed by atoms with Gasteiger partial charge in [0.25, 0.3) is 0 Å². The molecule has 2 heterocycles. The third-order valence-electron chi connectivity index (χ3n) is 5.78. The van der Waals surface area contributed by atoms with Crippen LogP contribution >= 0.6 is 23.4 Å². The Balaban J connectivity index is 1.37. The second-order valence-corrected chi connectivity index (χ2v) is 9.29. The summed E-state index contributed by atoms with van der Waals surface area (Å²) in [5.74, 6) is 1.89. The number of thioether (sulfide) groups is 1. The van der Waals surface area contributed by atoms with Gasteiger partial charge in [0.1, 0.15) is 0 Å². The number of hydrogen-bond donors (Lipinski definition) is 0. The van der Waals surface area contributed by atoms with Crippen LogP contribution in [0.5, 0.6) is 0 Å². The number of hydrogen-bond acceptors (Lipinski definition) is 5. The summed E-state index contributed by atoms with van der Waals surface area (Å²) in [6.07, 6.45) is 8.18. The molecule has 3 aromatic rings. The Morgan fingerprint density at radius 1 is 1.13 bits per heavy atom. The van der Waals surface area contributed by atoms with Gasteiger partial charge in [0.15, 0.2) is 11.0 Å². The van der Waals surface area contributed by atoms with Crippen LogP contribution in [0.1, 0.15) is 30.9 Å². The van der Waals surface area contributed by atoms with E-state index >= 15 is 0 Å². The highest BCUT2D eigenvalue weighted by Crippen LogP contribution is 2.28. The zero-order chi connectivity index (χ0) is 20.9. The smallest absolute Gasteiger partial charge is 0.191 e. The van der Waals surface area contributed by atoms with Gasteiger partial charge < -0.3 is 4.57 Å². The van der Waals surface area contributed by atoms with E-state index in [1.54, 1.807) is 24.2 Å². The minimum absolute atomic E-state index is 0.603. The van der Waals surface area contributed by atoms with Gasteiger partial charge >= 0.3 is 0 Å². The first-order chi connectivity index (χ1) is 14.7. The molecule has 2 aromatic heterocycles. The molecule has 30 heavy (non-hydrogen) atoms. The molecule has 1 aliphatic carbocycles. The van der Waals surface area contributed by atoms with Crippen LogP contribution in [0.15, 0.2) is 47.9 Å². The molecular formula is C23H28ClN5S. The van der Waals surface area contributed by atoms with E-state index in [0.29, 0.717) is 6.04 Å². The molecule has 1 atom stereocenters. The number of benzene rings is 1. The number of nitrogens with zero attached hydrogens (tertiary/aromatic N) is 5. The van der Waals surface area contributed by atoms with Crippen LogP contribution in [0, 0.1) is 0 Å². The van der Waals surface area contributed by atoms with Gasteiger partial charge in [0, 0.05) is 48.4 Å². The number of aryl methyl sites for hydroxylation is 1. The molecule has 0 radical (unpaired) electrons. The third kappa shape index (κ3) is 4.88. The van der Waals surface area contributed by atoms with Crippen LogP contribution in [0.2, 0.25) is 5.02 Å². The standard InChI is InChI=1S/C23H28ClN5S/c1-3-12-29(21-7-5-18-15-20(24)6-4-19(18)16-21)13-14-30-23-27-26-22(28(23)2)17-8-10-25-11-9-17/h4,6,8-11,15,21H,3,5,7,12-14,16H2,1-2H3. The highest BCUT2D eigenvalue weighted by molar-refractivity contribution is 7.99. The maximum absolute atomic E-state index is 6.18. The van der Waals surface area contributed by atoms with E-state index in [0.717, 1.165) is 53.3 Å². The zero-order valence-corrected chi connectivity index (χ0v) is 19.2. The van der Waals surface area contributed by atoms with E-state index < -0.39 is 0 Å². The summed E-state index contributed by atoms with van der Waals surface area (Å²) in [6.45, 7) is 4.46.